The maximum absolute atomic E-state index is 12.3. The first-order valence-electron chi connectivity index (χ1n) is 5.40. The summed E-state index contributed by atoms with van der Waals surface area (Å²) in [6.07, 6.45) is 1.45. The molecule has 1 N–H and O–H groups in total. The molecule has 1 aliphatic carbocycles. The lowest BCUT2D eigenvalue weighted by Crippen LogP contribution is -2.37. The second-order valence-corrected chi connectivity index (χ2v) is 6.94. The maximum atomic E-state index is 12.3. The van der Waals surface area contributed by atoms with Gasteiger partial charge in [-0.1, -0.05) is 22.0 Å². The Morgan fingerprint density at radius 2 is 2.11 bits per heavy atom. The third kappa shape index (κ3) is 2.90. The fraction of sp³-hybridized carbons (Fsp3) is 0.364. The summed E-state index contributed by atoms with van der Waals surface area (Å²) >= 11 is 3.21. The molecule has 0 amide bonds. The summed E-state index contributed by atoms with van der Waals surface area (Å²) < 4.78 is 26.4. The van der Waals surface area contributed by atoms with Crippen molar-refractivity contribution in [2.24, 2.45) is 0 Å². The van der Waals surface area contributed by atoms with Crippen molar-refractivity contribution in [3.63, 3.8) is 0 Å². The van der Waals surface area contributed by atoms with Crippen LogP contribution in [0.15, 0.2) is 33.6 Å². The van der Waals surface area contributed by atoms with E-state index in [2.05, 4.69) is 15.9 Å². The lowest BCUT2D eigenvalue weighted by Gasteiger charge is -2.19. The average molecular weight is 334 g/mol. The Morgan fingerprint density at radius 3 is 2.61 bits per heavy atom. The van der Waals surface area contributed by atoms with Crippen molar-refractivity contribution in [2.75, 3.05) is 6.54 Å². The summed E-state index contributed by atoms with van der Waals surface area (Å²) in [7, 11) is -3.73. The first-order chi connectivity index (χ1) is 8.41. The standard InChI is InChI=1S/C11H12BrNO4S/c12-8-2-1-3-10(6-8)18(16,17)13(7-11(14)15)9-4-5-9/h1-3,6,9H,4-5,7H2,(H,14,15). The number of carboxylic acids is 1. The number of benzene rings is 1. The van der Waals surface area contributed by atoms with E-state index in [-0.39, 0.29) is 10.9 Å². The molecule has 1 saturated carbocycles. The quantitative estimate of drug-likeness (QED) is 0.889. The van der Waals surface area contributed by atoms with Gasteiger partial charge in [0, 0.05) is 10.5 Å². The SMILES string of the molecule is O=C(O)CN(C1CC1)S(=O)(=O)c1cccc(Br)c1. The maximum Gasteiger partial charge on any atom is 0.318 e. The van der Waals surface area contributed by atoms with Gasteiger partial charge in [0.25, 0.3) is 0 Å². The second-order valence-electron chi connectivity index (χ2n) is 4.13. The molecule has 1 aliphatic rings. The van der Waals surface area contributed by atoms with Crippen LogP contribution in [-0.4, -0.2) is 36.4 Å². The molecular weight excluding hydrogens is 322 g/mol. The average Bonchev–Trinajstić information content (AvgIpc) is 3.09. The van der Waals surface area contributed by atoms with E-state index in [0.717, 1.165) is 17.1 Å². The smallest absolute Gasteiger partial charge is 0.318 e. The number of aliphatic carboxylic acids is 1. The Balaban J connectivity index is 2.36. The van der Waals surface area contributed by atoms with Gasteiger partial charge >= 0.3 is 5.97 Å². The summed E-state index contributed by atoms with van der Waals surface area (Å²) in [5.41, 5.74) is 0. The molecule has 1 aromatic rings. The van der Waals surface area contributed by atoms with Crippen molar-refractivity contribution in [1.82, 2.24) is 4.31 Å². The normalized spacial score (nSPS) is 15.9. The first-order valence-corrected chi connectivity index (χ1v) is 7.64. The van der Waals surface area contributed by atoms with Gasteiger partial charge in [-0.3, -0.25) is 4.79 Å². The summed E-state index contributed by atoms with van der Waals surface area (Å²) in [6, 6.07) is 6.11. The molecule has 0 saturated heterocycles. The Labute approximate surface area is 114 Å². The predicted octanol–water partition coefficient (Wildman–Crippen LogP) is 1.69. The number of halogens is 1. The minimum atomic E-state index is -3.73. The van der Waals surface area contributed by atoms with Crippen LogP contribution in [0.25, 0.3) is 0 Å². The van der Waals surface area contributed by atoms with Crippen LogP contribution in [0.1, 0.15) is 12.8 Å². The Morgan fingerprint density at radius 1 is 1.44 bits per heavy atom. The molecule has 2 rings (SSSR count). The molecule has 0 bridgehead atoms. The Kier molecular flexibility index (Phi) is 3.74. The fourth-order valence-corrected chi connectivity index (χ4v) is 3.90. The molecule has 0 heterocycles. The molecule has 98 valence electrons. The van der Waals surface area contributed by atoms with Crippen LogP contribution in [0, 0.1) is 0 Å². The molecule has 0 radical (unpaired) electrons. The molecule has 0 aliphatic heterocycles. The molecule has 1 fully saturated rings. The number of carboxylic acid groups (broad SMARTS) is 1. The van der Waals surface area contributed by atoms with Gasteiger partial charge in [-0.05, 0) is 31.0 Å². The number of hydrogen-bond donors (Lipinski definition) is 1. The van der Waals surface area contributed by atoms with Gasteiger partial charge < -0.3 is 5.11 Å². The number of carbonyl (C=O) groups is 1. The van der Waals surface area contributed by atoms with E-state index in [1.54, 1.807) is 12.1 Å². The summed E-state index contributed by atoms with van der Waals surface area (Å²) in [5, 5.41) is 8.81. The molecule has 1 aromatic carbocycles. The van der Waals surface area contributed by atoms with Crippen LogP contribution < -0.4 is 0 Å². The predicted molar refractivity (Wildman–Crippen MR) is 68.7 cm³/mol. The second kappa shape index (κ2) is 4.99. The zero-order valence-electron chi connectivity index (χ0n) is 9.41. The number of nitrogens with zero attached hydrogens (tertiary/aromatic N) is 1. The van der Waals surface area contributed by atoms with Gasteiger partial charge in [0.1, 0.15) is 6.54 Å². The van der Waals surface area contributed by atoms with Crippen LogP contribution in [0.3, 0.4) is 0 Å². The number of rotatable bonds is 5. The number of hydrogen-bond acceptors (Lipinski definition) is 3. The van der Waals surface area contributed by atoms with E-state index in [1.165, 1.54) is 12.1 Å². The molecule has 7 heteroatoms. The summed E-state index contributed by atoms with van der Waals surface area (Å²) in [6.45, 7) is -0.487. The van der Waals surface area contributed by atoms with Crippen LogP contribution in [0.5, 0.6) is 0 Å². The highest BCUT2D eigenvalue weighted by Crippen LogP contribution is 2.32. The minimum Gasteiger partial charge on any atom is -0.480 e. The van der Waals surface area contributed by atoms with Crippen molar-refractivity contribution < 1.29 is 18.3 Å². The molecule has 0 aromatic heterocycles. The van der Waals surface area contributed by atoms with E-state index in [4.69, 9.17) is 5.11 Å². The van der Waals surface area contributed by atoms with Crippen molar-refractivity contribution >= 4 is 31.9 Å². The van der Waals surface area contributed by atoms with Crippen molar-refractivity contribution in [2.45, 2.75) is 23.8 Å². The van der Waals surface area contributed by atoms with Gasteiger partial charge in [-0.15, -0.1) is 0 Å². The summed E-state index contributed by atoms with van der Waals surface area (Å²) in [5.74, 6) is -1.14. The van der Waals surface area contributed by atoms with E-state index < -0.39 is 22.5 Å². The van der Waals surface area contributed by atoms with Crippen LogP contribution in [0.2, 0.25) is 0 Å². The monoisotopic (exact) mass is 333 g/mol. The van der Waals surface area contributed by atoms with Gasteiger partial charge in [-0.25, -0.2) is 8.42 Å². The molecule has 0 unspecified atom stereocenters. The minimum absolute atomic E-state index is 0.116. The van der Waals surface area contributed by atoms with E-state index >= 15 is 0 Å². The third-order valence-electron chi connectivity index (χ3n) is 2.65. The Hall–Kier alpha value is -0.920. The van der Waals surface area contributed by atoms with Crippen molar-refractivity contribution in [3.8, 4) is 0 Å². The lowest BCUT2D eigenvalue weighted by molar-refractivity contribution is -0.137. The van der Waals surface area contributed by atoms with Gasteiger partial charge in [0.2, 0.25) is 10.0 Å². The first kappa shape index (κ1) is 13.5. The van der Waals surface area contributed by atoms with Gasteiger partial charge in [-0.2, -0.15) is 4.31 Å². The fourth-order valence-electron chi connectivity index (χ4n) is 1.67. The highest BCUT2D eigenvalue weighted by molar-refractivity contribution is 9.10. The van der Waals surface area contributed by atoms with E-state index in [9.17, 15) is 13.2 Å². The number of sulfonamides is 1. The highest BCUT2D eigenvalue weighted by Gasteiger charge is 2.39. The van der Waals surface area contributed by atoms with Crippen molar-refractivity contribution in [3.05, 3.63) is 28.7 Å². The molecule has 0 spiro atoms. The molecular formula is C11H12BrNO4S. The molecule has 5 nitrogen and oxygen atoms in total. The zero-order valence-corrected chi connectivity index (χ0v) is 11.8. The molecule has 18 heavy (non-hydrogen) atoms. The third-order valence-corrected chi connectivity index (χ3v) is 5.04. The topological polar surface area (TPSA) is 74.7 Å². The van der Waals surface area contributed by atoms with E-state index in [1.807, 2.05) is 0 Å². The van der Waals surface area contributed by atoms with Crippen LogP contribution >= 0.6 is 15.9 Å². The van der Waals surface area contributed by atoms with Crippen LogP contribution in [-0.2, 0) is 14.8 Å². The summed E-state index contributed by atoms with van der Waals surface area (Å²) in [4.78, 5) is 10.9. The van der Waals surface area contributed by atoms with Gasteiger partial charge in [0.15, 0.2) is 0 Å². The van der Waals surface area contributed by atoms with Crippen molar-refractivity contribution in [1.29, 1.82) is 0 Å². The lowest BCUT2D eigenvalue weighted by atomic mass is 10.4. The Bertz CT molecular complexity index is 568. The highest BCUT2D eigenvalue weighted by atomic mass is 79.9. The molecule has 0 atom stereocenters. The zero-order chi connectivity index (χ0) is 13.3. The largest absolute Gasteiger partial charge is 0.480 e. The van der Waals surface area contributed by atoms with E-state index in [0.29, 0.717) is 4.47 Å². The van der Waals surface area contributed by atoms with Gasteiger partial charge in [0.05, 0.1) is 4.90 Å². The van der Waals surface area contributed by atoms with Crippen LogP contribution in [0.4, 0.5) is 0 Å².